The predicted molar refractivity (Wildman–Crippen MR) is 92.1 cm³/mol. The Hall–Kier alpha value is -2.38. The summed E-state index contributed by atoms with van der Waals surface area (Å²) in [5.74, 6) is 1.56. The SMILES string of the molecule is Cc1noc(C)c1[C@@H](C)CNC(=O)N1CCC(Cn2ccnn2)CC1. The minimum Gasteiger partial charge on any atom is -0.361 e. The van der Waals surface area contributed by atoms with Gasteiger partial charge in [0.05, 0.1) is 11.9 Å². The maximum absolute atomic E-state index is 12.4. The van der Waals surface area contributed by atoms with Crippen LogP contribution in [-0.4, -0.2) is 50.7 Å². The number of piperidine rings is 1. The quantitative estimate of drug-likeness (QED) is 0.895. The molecule has 8 heteroatoms. The van der Waals surface area contributed by atoms with Crippen molar-refractivity contribution in [1.29, 1.82) is 0 Å². The number of hydrogen-bond donors (Lipinski definition) is 1. The van der Waals surface area contributed by atoms with E-state index >= 15 is 0 Å². The van der Waals surface area contributed by atoms with Crippen LogP contribution in [0.3, 0.4) is 0 Å². The van der Waals surface area contributed by atoms with Crippen molar-refractivity contribution < 1.29 is 9.32 Å². The average molecular weight is 346 g/mol. The van der Waals surface area contributed by atoms with Crippen molar-refractivity contribution in [3.8, 4) is 0 Å². The number of likely N-dealkylation sites (tertiary alicyclic amines) is 1. The van der Waals surface area contributed by atoms with Gasteiger partial charge in [-0.1, -0.05) is 17.3 Å². The van der Waals surface area contributed by atoms with Gasteiger partial charge in [-0.05, 0) is 32.6 Å². The highest BCUT2D eigenvalue weighted by Gasteiger charge is 2.24. The summed E-state index contributed by atoms with van der Waals surface area (Å²) in [6.45, 7) is 8.95. The van der Waals surface area contributed by atoms with E-state index in [1.165, 1.54) is 0 Å². The summed E-state index contributed by atoms with van der Waals surface area (Å²) < 4.78 is 7.08. The molecule has 1 N–H and O–H groups in total. The van der Waals surface area contributed by atoms with E-state index in [-0.39, 0.29) is 11.9 Å². The molecule has 0 radical (unpaired) electrons. The molecule has 8 nitrogen and oxygen atoms in total. The molecule has 3 rings (SSSR count). The van der Waals surface area contributed by atoms with Crippen LogP contribution in [0.2, 0.25) is 0 Å². The van der Waals surface area contributed by atoms with E-state index in [9.17, 15) is 4.79 Å². The van der Waals surface area contributed by atoms with E-state index in [0.29, 0.717) is 12.5 Å². The van der Waals surface area contributed by atoms with E-state index in [1.807, 2.05) is 29.6 Å². The molecule has 1 atom stereocenters. The number of nitrogens with zero attached hydrogens (tertiary/aromatic N) is 5. The third-order valence-corrected chi connectivity index (χ3v) is 4.96. The lowest BCUT2D eigenvalue weighted by molar-refractivity contribution is 0.163. The summed E-state index contributed by atoms with van der Waals surface area (Å²) in [7, 11) is 0. The molecule has 0 bridgehead atoms. The zero-order valence-corrected chi connectivity index (χ0v) is 15.1. The lowest BCUT2D eigenvalue weighted by Gasteiger charge is -2.32. The zero-order chi connectivity index (χ0) is 17.8. The molecule has 3 heterocycles. The van der Waals surface area contributed by atoms with Crippen LogP contribution < -0.4 is 5.32 Å². The maximum Gasteiger partial charge on any atom is 0.317 e. The van der Waals surface area contributed by atoms with Crippen molar-refractivity contribution in [1.82, 2.24) is 30.4 Å². The standard InChI is InChI=1S/C17H26N6O2/c1-12(16-13(2)20-25-14(16)3)10-18-17(24)22-7-4-15(5-8-22)11-23-9-6-19-21-23/h6,9,12,15H,4-5,7-8,10-11H2,1-3H3,(H,18,24)/t12-/m0/s1. The summed E-state index contributed by atoms with van der Waals surface area (Å²) in [6.07, 6.45) is 5.57. The van der Waals surface area contributed by atoms with E-state index in [2.05, 4.69) is 27.7 Å². The lowest BCUT2D eigenvalue weighted by atomic mass is 9.97. The summed E-state index contributed by atoms with van der Waals surface area (Å²) in [5, 5.41) is 14.9. The molecule has 1 fully saturated rings. The summed E-state index contributed by atoms with van der Waals surface area (Å²) in [5.41, 5.74) is 1.99. The summed E-state index contributed by atoms with van der Waals surface area (Å²) >= 11 is 0. The van der Waals surface area contributed by atoms with Gasteiger partial charge in [0.15, 0.2) is 0 Å². The van der Waals surface area contributed by atoms with Crippen molar-refractivity contribution in [2.75, 3.05) is 19.6 Å². The van der Waals surface area contributed by atoms with Gasteiger partial charge in [-0.25, -0.2) is 4.79 Å². The van der Waals surface area contributed by atoms with Crippen LogP contribution in [0.15, 0.2) is 16.9 Å². The molecule has 0 saturated carbocycles. The van der Waals surface area contributed by atoms with Crippen LogP contribution in [-0.2, 0) is 6.54 Å². The van der Waals surface area contributed by atoms with E-state index in [0.717, 1.165) is 49.5 Å². The molecular weight excluding hydrogens is 320 g/mol. The Bertz CT molecular complexity index is 669. The molecule has 0 aromatic carbocycles. The van der Waals surface area contributed by atoms with Crippen LogP contribution in [0.5, 0.6) is 0 Å². The molecule has 136 valence electrons. The maximum atomic E-state index is 12.4. The predicted octanol–water partition coefficient (Wildman–Crippen LogP) is 2.11. The minimum atomic E-state index is 0.0119. The Morgan fingerprint density at radius 1 is 1.40 bits per heavy atom. The fraction of sp³-hybridized carbons (Fsp3) is 0.647. The molecule has 1 saturated heterocycles. The van der Waals surface area contributed by atoms with Crippen LogP contribution in [0.25, 0.3) is 0 Å². The van der Waals surface area contributed by atoms with Gasteiger partial charge in [-0.2, -0.15) is 0 Å². The summed E-state index contributed by atoms with van der Waals surface area (Å²) in [4.78, 5) is 14.3. The highest BCUT2D eigenvalue weighted by molar-refractivity contribution is 5.74. The highest BCUT2D eigenvalue weighted by Crippen LogP contribution is 2.23. The lowest BCUT2D eigenvalue weighted by Crippen LogP contribution is -2.45. The first kappa shape index (κ1) is 17.4. The molecule has 0 spiro atoms. The normalized spacial score (nSPS) is 16.8. The van der Waals surface area contributed by atoms with Crippen molar-refractivity contribution in [2.45, 2.75) is 46.1 Å². The number of aromatic nitrogens is 4. The molecule has 2 amide bonds. The fourth-order valence-electron chi connectivity index (χ4n) is 3.56. The van der Waals surface area contributed by atoms with Crippen molar-refractivity contribution in [2.24, 2.45) is 5.92 Å². The Labute approximate surface area is 147 Å². The monoisotopic (exact) mass is 346 g/mol. The van der Waals surface area contributed by atoms with Crippen molar-refractivity contribution in [3.63, 3.8) is 0 Å². The first-order chi connectivity index (χ1) is 12.0. The molecule has 2 aromatic heterocycles. The minimum absolute atomic E-state index is 0.0119. The second-order valence-electron chi connectivity index (χ2n) is 6.88. The van der Waals surface area contributed by atoms with Crippen LogP contribution in [0.4, 0.5) is 4.79 Å². The van der Waals surface area contributed by atoms with E-state index in [4.69, 9.17) is 4.52 Å². The molecular formula is C17H26N6O2. The number of amides is 2. The number of carbonyl (C=O) groups excluding carboxylic acids is 1. The van der Waals surface area contributed by atoms with Gasteiger partial charge >= 0.3 is 6.03 Å². The van der Waals surface area contributed by atoms with Crippen molar-refractivity contribution >= 4 is 6.03 Å². The number of aryl methyl sites for hydroxylation is 2. The second-order valence-corrected chi connectivity index (χ2v) is 6.88. The number of carbonyl (C=O) groups is 1. The first-order valence-electron chi connectivity index (χ1n) is 8.84. The third-order valence-electron chi connectivity index (χ3n) is 4.96. The van der Waals surface area contributed by atoms with E-state index in [1.54, 1.807) is 6.20 Å². The average Bonchev–Trinajstić information content (AvgIpc) is 3.23. The number of urea groups is 1. The Morgan fingerprint density at radius 3 is 2.76 bits per heavy atom. The van der Waals surface area contributed by atoms with Gasteiger partial charge in [0, 0.05) is 43.9 Å². The fourth-order valence-corrected chi connectivity index (χ4v) is 3.56. The van der Waals surface area contributed by atoms with Gasteiger partial charge in [-0.3, -0.25) is 4.68 Å². The van der Waals surface area contributed by atoms with Gasteiger partial charge in [0.25, 0.3) is 0 Å². The molecule has 0 unspecified atom stereocenters. The Kier molecular flexibility index (Phi) is 5.35. The van der Waals surface area contributed by atoms with Gasteiger partial charge in [-0.15, -0.1) is 5.10 Å². The van der Waals surface area contributed by atoms with Crippen LogP contribution in [0.1, 0.15) is 42.7 Å². The third kappa shape index (κ3) is 4.18. The Morgan fingerprint density at radius 2 is 2.16 bits per heavy atom. The molecule has 1 aliphatic heterocycles. The number of nitrogens with one attached hydrogen (secondary N) is 1. The second kappa shape index (κ2) is 7.67. The Balaban J connectivity index is 1.43. The number of hydrogen-bond acceptors (Lipinski definition) is 5. The molecule has 25 heavy (non-hydrogen) atoms. The highest BCUT2D eigenvalue weighted by atomic mass is 16.5. The smallest absolute Gasteiger partial charge is 0.317 e. The van der Waals surface area contributed by atoms with Gasteiger partial charge in [0.1, 0.15) is 5.76 Å². The molecule has 1 aliphatic rings. The molecule has 0 aliphatic carbocycles. The molecule has 2 aromatic rings. The summed E-state index contributed by atoms with van der Waals surface area (Å²) in [6, 6.07) is 0.0119. The van der Waals surface area contributed by atoms with Crippen LogP contribution in [0, 0.1) is 19.8 Å². The van der Waals surface area contributed by atoms with Gasteiger partial charge in [0.2, 0.25) is 0 Å². The first-order valence-corrected chi connectivity index (χ1v) is 8.84. The van der Waals surface area contributed by atoms with Crippen molar-refractivity contribution in [3.05, 3.63) is 29.4 Å². The van der Waals surface area contributed by atoms with Gasteiger partial charge < -0.3 is 14.7 Å². The number of rotatable bonds is 5. The largest absolute Gasteiger partial charge is 0.361 e. The van der Waals surface area contributed by atoms with Crippen LogP contribution >= 0.6 is 0 Å². The zero-order valence-electron chi connectivity index (χ0n) is 15.1. The topological polar surface area (TPSA) is 89.1 Å². The van der Waals surface area contributed by atoms with E-state index < -0.39 is 0 Å².